The highest BCUT2D eigenvalue weighted by atomic mass is 31.1. The topological polar surface area (TPSA) is 55.8 Å². The maximum absolute atomic E-state index is 13.2. The Labute approximate surface area is 108 Å². The summed E-state index contributed by atoms with van der Waals surface area (Å²) < 4.78 is 32.5. The molecule has 0 aromatic heterocycles. The summed E-state index contributed by atoms with van der Waals surface area (Å²) in [4.78, 5) is 8.35. The third-order valence-corrected chi connectivity index (χ3v) is 2.44. The molecular weight excluding hydrogens is 258 g/mol. The molecule has 1 aromatic rings. The summed E-state index contributed by atoms with van der Waals surface area (Å²) in [6.45, 7) is 4.13. The molecule has 1 atom stereocenters. The fraction of sp³-hybridized carbons (Fsp3) is 0.500. The second-order valence-electron chi connectivity index (χ2n) is 3.47. The lowest BCUT2D eigenvalue weighted by Gasteiger charge is -2.01. The largest absolute Gasteiger partial charge is 0.695 e. The second-order valence-corrected chi connectivity index (χ2v) is 4.20. The summed E-state index contributed by atoms with van der Waals surface area (Å²) in [5.41, 5.74) is 0.211. The summed E-state index contributed by atoms with van der Waals surface area (Å²) in [7, 11) is -1.27. The van der Waals surface area contributed by atoms with Gasteiger partial charge in [0.25, 0.3) is 0 Å². The van der Waals surface area contributed by atoms with Gasteiger partial charge in [0.1, 0.15) is 18.2 Å². The molecule has 1 aromatic carbocycles. The number of hydrogen-bond donors (Lipinski definition) is 1. The Morgan fingerprint density at radius 2 is 1.94 bits per heavy atom. The lowest BCUT2D eigenvalue weighted by Crippen LogP contribution is -1.92. The van der Waals surface area contributed by atoms with Crippen LogP contribution in [0.2, 0.25) is 0 Å². The summed E-state index contributed by atoms with van der Waals surface area (Å²) >= 11 is 0. The van der Waals surface area contributed by atoms with Gasteiger partial charge in [-0.2, -0.15) is 0 Å². The van der Waals surface area contributed by atoms with Gasteiger partial charge in [0.05, 0.1) is 7.11 Å². The standard InChI is InChI=1S/C8H8FO4P.C4H10/c1-12-7-3-2-6(8(9)4-7)5-13-14(10)11;1-3-4-2/h2-4H,5H2,1H3;3-4H2,1-2H3/p+1. The molecule has 0 aliphatic heterocycles. The lowest BCUT2D eigenvalue weighted by atomic mass is 10.2. The van der Waals surface area contributed by atoms with Crippen molar-refractivity contribution in [1.82, 2.24) is 0 Å². The fourth-order valence-electron chi connectivity index (χ4n) is 0.897. The highest BCUT2D eigenvalue weighted by Crippen LogP contribution is 2.21. The first-order valence-corrected chi connectivity index (χ1v) is 6.79. The van der Waals surface area contributed by atoms with Crippen molar-refractivity contribution in [1.29, 1.82) is 0 Å². The van der Waals surface area contributed by atoms with E-state index in [-0.39, 0.29) is 12.2 Å². The van der Waals surface area contributed by atoms with E-state index in [0.717, 1.165) is 0 Å². The quantitative estimate of drug-likeness (QED) is 0.831. The van der Waals surface area contributed by atoms with Gasteiger partial charge in [-0.05, 0) is 12.1 Å². The average Bonchev–Trinajstić information content (AvgIpc) is 2.37. The summed E-state index contributed by atoms with van der Waals surface area (Å²) in [5.74, 6) is -0.138. The molecule has 102 valence electrons. The molecule has 4 nitrogen and oxygen atoms in total. The van der Waals surface area contributed by atoms with Crippen LogP contribution in [0.3, 0.4) is 0 Å². The second kappa shape index (κ2) is 9.95. The molecule has 0 aliphatic carbocycles. The summed E-state index contributed by atoms with van der Waals surface area (Å²) in [6, 6.07) is 4.17. The number of methoxy groups -OCH3 is 1. The maximum atomic E-state index is 13.2. The van der Waals surface area contributed by atoms with Gasteiger partial charge in [-0.15, -0.1) is 9.42 Å². The van der Waals surface area contributed by atoms with Gasteiger partial charge in [0, 0.05) is 16.2 Å². The zero-order valence-electron chi connectivity index (χ0n) is 10.9. The summed E-state index contributed by atoms with van der Waals surface area (Å²) in [6.07, 6.45) is 2.64. The SMILES string of the molecule is CCCC.COc1ccc(CO[P+](=O)O)c(F)c1. The Balaban J connectivity index is 0.000000631. The van der Waals surface area contributed by atoms with Gasteiger partial charge in [-0.1, -0.05) is 26.7 Å². The van der Waals surface area contributed by atoms with Crippen LogP contribution in [0.25, 0.3) is 0 Å². The first-order valence-electron chi connectivity index (χ1n) is 5.66. The minimum absolute atomic E-state index is 0.211. The van der Waals surface area contributed by atoms with E-state index in [0.29, 0.717) is 5.75 Å². The molecule has 0 spiro atoms. The van der Waals surface area contributed by atoms with Crippen LogP contribution in [0.4, 0.5) is 4.39 Å². The van der Waals surface area contributed by atoms with Crippen molar-refractivity contribution >= 4 is 8.25 Å². The van der Waals surface area contributed by atoms with Crippen LogP contribution in [0.15, 0.2) is 18.2 Å². The molecule has 0 aliphatic rings. The minimum atomic E-state index is -2.70. The molecule has 0 saturated carbocycles. The van der Waals surface area contributed by atoms with Crippen LogP contribution >= 0.6 is 8.25 Å². The molecule has 1 unspecified atom stereocenters. The van der Waals surface area contributed by atoms with Crippen LogP contribution in [0.5, 0.6) is 5.75 Å². The van der Waals surface area contributed by atoms with Crippen LogP contribution < -0.4 is 4.74 Å². The van der Waals surface area contributed by atoms with E-state index in [1.807, 2.05) is 0 Å². The molecule has 0 fully saturated rings. The predicted octanol–water partition coefficient (Wildman–Crippen LogP) is 3.81. The van der Waals surface area contributed by atoms with Crippen LogP contribution in [-0.4, -0.2) is 12.0 Å². The van der Waals surface area contributed by atoms with E-state index >= 15 is 0 Å². The van der Waals surface area contributed by atoms with Crippen LogP contribution in [0, 0.1) is 5.82 Å². The van der Waals surface area contributed by atoms with E-state index in [2.05, 4.69) is 18.4 Å². The Bertz CT molecular complexity index is 369. The van der Waals surface area contributed by atoms with E-state index in [1.54, 1.807) is 6.07 Å². The first kappa shape index (κ1) is 17.0. The van der Waals surface area contributed by atoms with Crippen molar-refractivity contribution in [3.8, 4) is 5.75 Å². The van der Waals surface area contributed by atoms with Gasteiger partial charge in [0.15, 0.2) is 0 Å². The molecule has 6 heteroatoms. The Morgan fingerprint density at radius 1 is 1.33 bits per heavy atom. The number of hydrogen-bond acceptors (Lipinski definition) is 3. The minimum Gasteiger partial charge on any atom is -0.497 e. The molecule has 18 heavy (non-hydrogen) atoms. The third kappa shape index (κ3) is 7.33. The van der Waals surface area contributed by atoms with Crippen LogP contribution in [-0.2, 0) is 15.7 Å². The van der Waals surface area contributed by atoms with Crippen molar-refractivity contribution in [3.63, 3.8) is 0 Å². The Hall–Kier alpha value is -1.03. The molecule has 1 rings (SSSR count). The Kier molecular flexibility index (Phi) is 9.38. The van der Waals surface area contributed by atoms with Gasteiger partial charge in [0.2, 0.25) is 0 Å². The lowest BCUT2D eigenvalue weighted by molar-refractivity contribution is 0.268. The van der Waals surface area contributed by atoms with Gasteiger partial charge in [-0.3, -0.25) is 0 Å². The van der Waals surface area contributed by atoms with Crippen molar-refractivity contribution in [3.05, 3.63) is 29.6 Å². The zero-order chi connectivity index (χ0) is 14.0. The zero-order valence-corrected chi connectivity index (χ0v) is 11.7. The first-order chi connectivity index (χ1) is 8.54. The van der Waals surface area contributed by atoms with E-state index < -0.39 is 14.1 Å². The number of rotatable bonds is 5. The van der Waals surface area contributed by atoms with Crippen molar-refractivity contribution in [2.24, 2.45) is 0 Å². The molecule has 1 N–H and O–H groups in total. The van der Waals surface area contributed by atoms with Crippen molar-refractivity contribution < 1.29 is 23.1 Å². The average molecular weight is 277 g/mol. The number of benzene rings is 1. The van der Waals surface area contributed by atoms with Gasteiger partial charge < -0.3 is 4.74 Å². The normalized spacial score (nSPS) is 10.4. The van der Waals surface area contributed by atoms with Gasteiger partial charge >= 0.3 is 8.25 Å². The smallest absolute Gasteiger partial charge is 0.497 e. The van der Waals surface area contributed by atoms with E-state index in [4.69, 9.17) is 9.63 Å². The van der Waals surface area contributed by atoms with Crippen LogP contribution in [0.1, 0.15) is 32.3 Å². The molecular formula is C12H19FO4P+. The third-order valence-electron chi connectivity index (χ3n) is 2.09. The maximum Gasteiger partial charge on any atom is 0.695 e. The molecule has 0 bridgehead atoms. The van der Waals surface area contributed by atoms with E-state index in [9.17, 15) is 8.96 Å². The van der Waals surface area contributed by atoms with Gasteiger partial charge in [-0.25, -0.2) is 4.39 Å². The number of halogens is 1. The molecule has 0 saturated heterocycles. The summed E-state index contributed by atoms with van der Waals surface area (Å²) in [5, 5.41) is 0. The van der Waals surface area contributed by atoms with Crippen molar-refractivity contribution in [2.45, 2.75) is 33.3 Å². The monoisotopic (exact) mass is 277 g/mol. The molecule has 0 heterocycles. The molecule has 0 amide bonds. The Morgan fingerprint density at radius 3 is 2.33 bits per heavy atom. The fourth-order valence-corrected chi connectivity index (χ4v) is 1.15. The van der Waals surface area contributed by atoms with E-state index in [1.165, 1.54) is 32.1 Å². The number of unbranched alkanes of at least 4 members (excludes halogenated alkanes) is 1. The molecule has 0 radical (unpaired) electrons. The highest BCUT2D eigenvalue weighted by molar-refractivity contribution is 7.32. The highest BCUT2D eigenvalue weighted by Gasteiger charge is 2.14. The number of ether oxygens (including phenoxy) is 1. The van der Waals surface area contributed by atoms with Crippen molar-refractivity contribution in [2.75, 3.05) is 7.11 Å². The predicted molar refractivity (Wildman–Crippen MR) is 68.1 cm³/mol.